The highest BCUT2D eigenvalue weighted by atomic mass is 16.3. The molecule has 0 bridgehead atoms. The van der Waals surface area contributed by atoms with Gasteiger partial charge in [-0.1, -0.05) is 0 Å². The van der Waals surface area contributed by atoms with Crippen LogP contribution >= 0.6 is 0 Å². The van der Waals surface area contributed by atoms with Crippen molar-refractivity contribution in [1.29, 1.82) is 0 Å². The van der Waals surface area contributed by atoms with Crippen LogP contribution in [0.2, 0.25) is 0 Å². The van der Waals surface area contributed by atoms with Gasteiger partial charge in [0.2, 0.25) is 0 Å². The smallest absolute Gasteiger partial charge is 0.197 e. The van der Waals surface area contributed by atoms with Crippen LogP contribution in [0.4, 0.5) is 0 Å². The Hall–Kier alpha value is -1.09. The summed E-state index contributed by atoms with van der Waals surface area (Å²) < 4.78 is 5.07. The minimum Gasteiger partial charge on any atom is -0.461 e. The van der Waals surface area contributed by atoms with Gasteiger partial charge in [0.15, 0.2) is 11.5 Å². The third-order valence-electron chi connectivity index (χ3n) is 3.03. The highest BCUT2D eigenvalue weighted by Crippen LogP contribution is 2.19. The van der Waals surface area contributed by atoms with E-state index in [0.717, 1.165) is 19.5 Å². The fourth-order valence-electron chi connectivity index (χ4n) is 2.07. The number of nitrogens with one attached hydrogen (secondary N) is 1. The average Bonchev–Trinajstić information content (AvgIpc) is 2.81. The quantitative estimate of drug-likeness (QED) is 0.770. The van der Waals surface area contributed by atoms with E-state index < -0.39 is 0 Å². The molecule has 3 nitrogen and oxygen atoms in total. The van der Waals surface area contributed by atoms with E-state index in [4.69, 9.17) is 4.42 Å². The number of hydrogen-bond acceptors (Lipinski definition) is 3. The first kappa shape index (κ1) is 10.4. The molecule has 1 N–H and O–H groups in total. The molecule has 1 fully saturated rings. The monoisotopic (exact) mass is 207 g/mol. The number of furan rings is 1. The molecule has 0 amide bonds. The maximum atomic E-state index is 11.6. The molecular weight excluding hydrogens is 190 g/mol. The zero-order valence-corrected chi connectivity index (χ0v) is 8.87. The molecule has 0 aliphatic carbocycles. The minimum absolute atomic E-state index is 0.138. The van der Waals surface area contributed by atoms with Gasteiger partial charge in [-0.25, -0.2) is 0 Å². The summed E-state index contributed by atoms with van der Waals surface area (Å²) in [6.07, 6.45) is 5.58. The van der Waals surface area contributed by atoms with Crippen molar-refractivity contribution in [3.8, 4) is 0 Å². The molecule has 3 heteroatoms. The maximum absolute atomic E-state index is 11.6. The molecule has 82 valence electrons. The Morgan fingerprint density at radius 3 is 2.93 bits per heavy atom. The van der Waals surface area contributed by atoms with Gasteiger partial charge in [0.05, 0.1) is 6.26 Å². The molecule has 0 aromatic carbocycles. The summed E-state index contributed by atoms with van der Waals surface area (Å²) in [6, 6.07) is 3.50. The van der Waals surface area contributed by atoms with E-state index in [1.807, 2.05) is 0 Å². The lowest BCUT2D eigenvalue weighted by Gasteiger charge is -2.21. The molecule has 1 aliphatic rings. The predicted octanol–water partition coefficient (Wildman–Crippen LogP) is 2.24. The van der Waals surface area contributed by atoms with Crippen LogP contribution in [0.5, 0.6) is 0 Å². The standard InChI is InChI=1S/C12H17NO2/c14-11(12-2-1-9-15-12)4-3-10-5-7-13-8-6-10/h1-2,9-10,13H,3-8H2. The van der Waals surface area contributed by atoms with Crippen LogP contribution in [0.15, 0.2) is 22.8 Å². The molecule has 1 aliphatic heterocycles. The Kier molecular flexibility index (Phi) is 3.56. The van der Waals surface area contributed by atoms with Crippen molar-refractivity contribution >= 4 is 5.78 Å². The second-order valence-electron chi connectivity index (χ2n) is 4.13. The first-order chi connectivity index (χ1) is 7.36. The zero-order chi connectivity index (χ0) is 10.5. The molecule has 0 unspecified atom stereocenters. The lowest BCUT2D eigenvalue weighted by Crippen LogP contribution is -2.27. The van der Waals surface area contributed by atoms with Crippen molar-refractivity contribution in [3.63, 3.8) is 0 Å². The van der Waals surface area contributed by atoms with Gasteiger partial charge >= 0.3 is 0 Å². The first-order valence-electron chi connectivity index (χ1n) is 5.63. The van der Waals surface area contributed by atoms with Gasteiger partial charge in [0.25, 0.3) is 0 Å². The fourth-order valence-corrected chi connectivity index (χ4v) is 2.07. The molecule has 15 heavy (non-hydrogen) atoms. The summed E-state index contributed by atoms with van der Waals surface area (Å²) in [5, 5.41) is 3.33. The van der Waals surface area contributed by atoms with Crippen LogP contribution in [-0.2, 0) is 0 Å². The lowest BCUT2D eigenvalue weighted by molar-refractivity contribution is 0.0944. The van der Waals surface area contributed by atoms with Crippen molar-refractivity contribution < 1.29 is 9.21 Å². The molecular formula is C12H17NO2. The lowest BCUT2D eigenvalue weighted by atomic mass is 9.92. The Bertz CT molecular complexity index is 299. The second kappa shape index (κ2) is 5.12. The van der Waals surface area contributed by atoms with Crippen molar-refractivity contribution in [2.45, 2.75) is 25.7 Å². The van der Waals surface area contributed by atoms with Gasteiger partial charge in [0.1, 0.15) is 0 Å². The largest absolute Gasteiger partial charge is 0.461 e. The van der Waals surface area contributed by atoms with E-state index >= 15 is 0 Å². The van der Waals surface area contributed by atoms with Crippen molar-refractivity contribution in [3.05, 3.63) is 24.2 Å². The zero-order valence-electron chi connectivity index (χ0n) is 8.87. The number of rotatable bonds is 4. The molecule has 0 spiro atoms. The normalized spacial score (nSPS) is 17.9. The Morgan fingerprint density at radius 1 is 1.47 bits per heavy atom. The summed E-state index contributed by atoms with van der Waals surface area (Å²) in [5.74, 6) is 1.35. The topological polar surface area (TPSA) is 42.2 Å². The average molecular weight is 207 g/mol. The van der Waals surface area contributed by atoms with Crippen molar-refractivity contribution in [2.75, 3.05) is 13.1 Å². The number of ketones is 1. The third kappa shape index (κ3) is 2.93. The Balaban J connectivity index is 1.75. The van der Waals surface area contributed by atoms with Crippen LogP contribution < -0.4 is 5.32 Å². The predicted molar refractivity (Wildman–Crippen MR) is 57.9 cm³/mol. The highest BCUT2D eigenvalue weighted by molar-refractivity contribution is 5.93. The van der Waals surface area contributed by atoms with E-state index in [1.54, 1.807) is 18.4 Å². The van der Waals surface area contributed by atoms with Crippen molar-refractivity contribution in [1.82, 2.24) is 5.32 Å². The molecule has 0 atom stereocenters. The van der Waals surface area contributed by atoms with E-state index in [9.17, 15) is 4.79 Å². The summed E-state index contributed by atoms with van der Waals surface area (Å²) in [6.45, 7) is 2.19. The van der Waals surface area contributed by atoms with Crippen LogP contribution in [0.25, 0.3) is 0 Å². The van der Waals surface area contributed by atoms with Gasteiger partial charge in [0, 0.05) is 6.42 Å². The summed E-state index contributed by atoms with van der Waals surface area (Å²) >= 11 is 0. The van der Waals surface area contributed by atoms with Crippen LogP contribution in [0.3, 0.4) is 0 Å². The molecule has 0 radical (unpaired) electrons. The minimum atomic E-state index is 0.138. The number of carbonyl (C=O) groups excluding carboxylic acids is 1. The molecule has 1 aromatic rings. The number of piperidine rings is 1. The SMILES string of the molecule is O=C(CCC1CCNCC1)c1ccco1. The fraction of sp³-hybridized carbons (Fsp3) is 0.583. The first-order valence-corrected chi connectivity index (χ1v) is 5.63. The van der Waals surface area contributed by atoms with E-state index in [0.29, 0.717) is 18.1 Å². The maximum Gasteiger partial charge on any atom is 0.197 e. The van der Waals surface area contributed by atoms with Gasteiger partial charge < -0.3 is 9.73 Å². The second-order valence-corrected chi connectivity index (χ2v) is 4.13. The van der Waals surface area contributed by atoms with Crippen LogP contribution in [-0.4, -0.2) is 18.9 Å². The van der Waals surface area contributed by atoms with Crippen molar-refractivity contribution in [2.24, 2.45) is 5.92 Å². The van der Waals surface area contributed by atoms with E-state index in [1.165, 1.54) is 12.8 Å². The summed E-state index contributed by atoms with van der Waals surface area (Å²) in [5.41, 5.74) is 0. The molecule has 2 rings (SSSR count). The molecule has 0 saturated carbocycles. The Morgan fingerprint density at radius 2 is 2.27 bits per heavy atom. The Labute approximate surface area is 89.9 Å². The number of Topliss-reactive ketones (excluding diaryl/α,β-unsaturated/α-hetero) is 1. The number of carbonyl (C=O) groups is 1. The van der Waals surface area contributed by atoms with Gasteiger partial charge in [-0.2, -0.15) is 0 Å². The third-order valence-corrected chi connectivity index (χ3v) is 3.03. The molecule has 1 aromatic heterocycles. The molecule has 1 saturated heterocycles. The van der Waals surface area contributed by atoms with E-state index in [2.05, 4.69) is 5.32 Å². The van der Waals surface area contributed by atoms with Crippen LogP contribution in [0.1, 0.15) is 36.2 Å². The van der Waals surface area contributed by atoms with Gasteiger partial charge in [-0.3, -0.25) is 4.79 Å². The van der Waals surface area contributed by atoms with Crippen LogP contribution in [0, 0.1) is 5.92 Å². The summed E-state index contributed by atoms with van der Waals surface area (Å²) in [4.78, 5) is 11.6. The van der Waals surface area contributed by atoms with Gasteiger partial charge in [-0.15, -0.1) is 0 Å². The highest BCUT2D eigenvalue weighted by Gasteiger charge is 2.16. The number of hydrogen-bond donors (Lipinski definition) is 1. The molecule has 2 heterocycles. The van der Waals surface area contributed by atoms with Gasteiger partial charge in [-0.05, 0) is 50.4 Å². The summed E-state index contributed by atoms with van der Waals surface area (Å²) in [7, 11) is 0. The van der Waals surface area contributed by atoms with E-state index in [-0.39, 0.29) is 5.78 Å².